The van der Waals surface area contributed by atoms with Crippen molar-refractivity contribution in [3.05, 3.63) is 28.2 Å². The van der Waals surface area contributed by atoms with Gasteiger partial charge < -0.3 is 11.1 Å². The Balaban J connectivity index is 2.19. The first-order chi connectivity index (χ1) is 8.31. The monoisotopic (exact) mass is 326 g/mol. The molecule has 1 saturated carbocycles. The van der Waals surface area contributed by atoms with Gasteiger partial charge in [0.05, 0.1) is 5.69 Å². The summed E-state index contributed by atoms with van der Waals surface area (Å²) in [5.41, 5.74) is 7.14. The Morgan fingerprint density at radius 1 is 1.56 bits per heavy atom. The molecule has 1 aromatic rings. The highest BCUT2D eigenvalue weighted by Gasteiger charge is 2.50. The van der Waals surface area contributed by atoms with Crippen molar-refractivity contribution in [2.75, 3.05) is 5.32 Å². The quantitative estimate of drug-likeness (QED) is 0.839. The maximum atomic E-state index is 12.0. The van der Waals surface area contributed by atoms with Crippen LogP contribution in [0, 0.1) is 11.3 Å². The second kappa shape index (κ2) is 4.63. The largest absolute Gasteiger partial charge is 0.389 e. The SMILES string of the molecule is CC1(C)CC1C(=O)Nc1ccc(Br)cc1C(N)=S. The Labute approximate surface area is 120 Å². The topological polar surface area (TPSA) is 55.1 Å². The van der Waals surface area contributed by atoms with Crippen LogP contribution in [0.5, 0.6) is 0 Å². The Kier molecular flexibility index (Phi) is 3.47. The van der Waals surface area contributed by atoms with E-state index in [9.17, 15) is 4.79 Å². The van der Waals surface area contributed by atoms with Gasteiger partial charge in [-0.1, -0.05) is 42.0 Å². The van der Waals surface area contributed by atoms with Crippen LogP contribution >= 0.6 is 28.1 Å². The smallest absolute Gasteiger partial charge is 0.228 e. The molecule has 1 fully saturated rings. The van der Waals surface area contributed by atoms with Crippen LogP contribution in [0.4, 0.5) is 5.69 Å². The number of anilines is 1. The number of amides is 1. The summed E-state index contributed by atoms with van der Waals surface area (Å²) in [6.07, 6.45) is 0.928. The van der Waals surface area contributed by atoms with Gasteiger partial charge in [-0.15, -0.1) is 0 Å². The molecule has 1 atom stereocenters. The highest BCUT2D eigenvalue weighted by molar-refractivity contribution is 9.10. The Morgan fingerprint density at radius 3 is 2.67 bits per heavy atom. The molecule has 0 heterocycles. The fourth-order valence-electron chi connectivity index (χ4n) is 1.96. The summed E-state index contributed by atoms with van der Waals surface area (Å²) in [5, 5.41) is 2.91. The molecule has 1 unspecified atom stereocenters. The van der Waals surface area contributed by atoms with Gasteiger partial charge in [0.1, 0.15) is 4.99 Å². The number of carbonyl (C=O) groups is 1. The maximum absolute atomic E-state index is 12.0. The van der Waals surface area contributed by atoms with Crippen molar-refractivity contribution in [2.45, 2.75) is 20.3 Å². The predicted octanol–water partition coefficient (Wildman–Crippen LogP) is 3.07. The lowest BCUT2D eigenvalue weighted by atomic mass is 10.1. The van der Waals surface area contributed by atoms with Gasteiger partial charge in [0, 0.05) is 16.0 Å². The molecule has 2 rings (SSSR count). The van der Waals surface area contributed by atoms with Crippen molar-refractivity contribution in [2.24, 2.45) is 17.1 Å². The van der Waals surface area contributed by atoms with Crippen LogP contribution in [0.2, 0.25) is 0 Å². The summed E-state index contributed by atoms with van der Waals surface area (Å²) in [4.78, 5) is 12.3. The number of benzene rings is 1. The van der Waals surface area contributed by atoms with Gasteiger partial charge in [0.15, 0.2) is 0 Å². The molecule has 18 heavy (non-hydrogen) atoms. The van der Waals surface area contributed by atoms with Gasteiger partial charge in [-0.2, -0.15) is 0 Å². The minimum absolute atomic E-state index is 0.0415. The molecule has 96 valence electrons. The fraction of sp³-hybridized carbons (Fsp3) is 0.385. The zero-order chi connectivity index (χ0) is 13.5. The molecule has 0 aromatic heterocycles. The molecule has 3 nitrogen and oxygen atoms in total. The van der Waals surface area contributed by atoms with E-state index in [-0.39, 0.29) is 22.2 Å². The van der Waals surface area contributed by atoms with E-state index in [0.717, 1.165) is 10.9 Å². The highest BCUT2D eigenvalue weighted by atomic mass is 79.9. The average molecular weight is 327 g/mol. The molecule has 0 aliphatic heterocycles. The Hall–Kier alpha value is -0.940. The van der Waals surface area contributed by atoms with E-state index < -0.39 is 0 Å². The van der Waals surface area contributed by atoms with Crippen molar-refractivity contribution >= 4 is 44.7 Å². The van der Waals surface area contributed by atoms with Crippen molar-refractivity contribution in [3.8, 4) is 0 Å². The summed E-state index contributed by atoms with van der Waals surface area (Å²) in [6.45, 7) is 4.18. The number of carbonyl (C=O) groups excluding carboxylic acids is 1. The summed E-state index contributed by atoms with van der Waals surface area (Å²) in [6, 6.07) is 5.48. The molecule has 5 heteroatoms. The third-order valence-corrected chi connectivity index (χ3v) is 4.05. The maximum Gasteiger partial charge on any atom is 0.228 e. The second-order valence-electron chi connectivity index (χ2n) is 5.29. The van der Waals surface area contributed by atoms with Gasteiger partial charge >= 0.3 is 0 Å². The number of hydrogen-bond donors (Lipinski definition) is 2. The summed E-state index contributed by atoms with van der Waals surface area (Å²) in [5.74, 6) is 0.125. The standard InChI is InChI=1S/C13H15BrN2OS/c1-13(2)6-9(13)12(17)16-10-4-3-7(14)5-8(10)11(15)18/h3-5,9H,6H2,1-2H3,(H2,15,18)(H,16,17). The van der Waals surface area contributed by atoms with E-state index in [4.69, 9.17) is 18.0 Å². The molecule has 0 spiro atoms. The average Bonchev–Trinajstić information content (AvgIpc) is 2.90. The first-order valence-electron chi connectivity index (χ1n) is 5.71. The lowest BCUT2D eigenvalue weighted by molar-refractivity contribution is -0.118. The van der Waals surface area contributed by atoms with Crippen molar-refractivity contribution < 1.29 is 4.79 Å². The Bertz CT molecular complexity index is 528. The van der Waals surface area contributed by atoms with Crippen LogP contribution in [0.25, 0.3) is 0 Å². The molecular formula is C13H15BrN2OS. The number of nitrogens with two attached hydrogens (primary N) is 1. The van der Waals surface area contributed by atoms with Crippen LogP contribution in [-0.4, -0.2) is 10.9 Å². The zero-order valence-electron chi connectivity index (χ0n) is 10.3. The van der Waals surface area contributed by atoms with Gasteiger partial charge in [-0.25, -0.2) is 0 Å². The first kappa shape index (κ1) is 13.5. The summed E-state index contributed by atoms with van der Waals surface area (Å²) in [7, 11) is 0. The summed E-state index contributed by atoms with van der Waals surface area (Å²) < 4.78 is 0.884. The van der Waals surface area contributed by atoms with Crippen molar-refractivity contribution in [1.82, 2.24) is 0 Å². The van der Waals surface area contributed by atoms with Gasteiger partial charge in [-0.05, 0) is 30.0 Å². The molecule has 1 aliphatic carbocycles. The molecular weight excluding hydrogens is 312 g/mol. The third-order valence-electron chi connectivity index (χ3n) is 3.33. The second-order valence-corrected chi connectivity index (χ2v) is 6.64. The molecule has 0 radical (unpaired) electrons. The fourth-order valence-corrected chi connectivity index (χ4v) is 2.49. The number of rotatable bonds is 3. The molecule has 0 bridgehead atoms. The number of halogens is 1. The lowest BCUT2D eigenvalue weighted by Gasteiger charge is -2.11. The van der Waals surface area contributed by atoms with E-state index in [2.05, 4.69) is 35.1 Å². The van der Waals surface area contributed by atoms with E-state index in [1.54, 1.807) is 0 Å². The predicted molar refractivity (Wildman–Crippen MR) is 80.5 cm³/mol. The van der Waals surface area contributed by atoms with E-state index in [1.165, 1.54) is 0 Å². The molecule has 3 N–H and O–H groups in total. The highest BCUT2D eigenvalue weighted by Crippen LogP contribution is 2.52. The molecule has 0 saturated heterocycles. The summed E-state index contributed by atoms with van der Waals surface area (Å²) >= 11 is 8.36. The van der Waals surface area contributed by atoms with Crippen LogP contribution in [-0.2, 0) is 4.79 Å². The number of nitrogens with one attached hydrogen (secondary N) is 1. The van der Waals surface area contributed by atoms with Gasteiger partial charge in [0.2, 0.25) is 5.91 Å². The molecule has 1 amide bonds. The van der Waals surface area contributed by atoms with E-state index in [0.29, 0.717) is 11.3 Å². The number of hydrogen-bond acceptors (Lipinski definition) is 2. The van der Waals surface area contributed by atoms with Gasteiger partial charge in [-0.3, -0.25) is 4.79 Å². The van der Waals surface area contributed by atoms with Crippen molar-refractivity contribution in [3.63, 3.8) is 0 Å². The molecule has 1 aromatic carbocycles. The Morgan fingerprint density at radius 2 is 2.17 bits per heavy atom. The van der Waals surface area contributed by atoms with Crippen LogP contribution in [0.3, 0.4) is 0 Å². The minimum Gasteiger partial charge on any atom is -0.389 e. The van der Waals surface area contributed by atoms with E-state index in [1.807, 2.05) is 18.2 Å². The first-order valence-corrected chi connectivity index (χ1v) is 6.91. The van der Waals surface area contributed by atoms with Crippen LogP contribution in [0.1, 0.15) is 25.8 Å². The third kappa shape index (κ3) is 2.72. The zero-order valence-corrected chi connectivity index (χ0v) is 12.7. The normalized spacial score (nSPS) is 20.3. The molecule has 1 aliphatic rings. The van der Waals surface area contributed by atoms with Gasteiger partial charge in [0.25, 0.3) is 0 Å². The van der Waals surface area contributed by atoms with Crippen LogP contribution < -0.4 is 11.1 Å². The van der Waals surface area contributed by atoms with E-state index >= 15 is 0 Å². The minimum atomic E-state index is 0.0415. The number of thiocarbonyl (C=S) groups is 1. The van der Waals surface area contributed by atoms with Crippen LogP contribution in [0.15, 0.2) is 22.7 Å². The lowest BCUT2D eigenvalue weighted by Crippen LogP contribution is -2.20. The van der Waals surface area contributed by atoms with Crippen molar-refractivity contribution in [1.29, 1.82) is 0 Å².